The summed E-state index contributed by atoms with van der Waals surface area (Å²) in [6.45, 7) is 4.20. The first-order chi connectivity index (χ1) is 7.50. The van der Waals surface area contributed by atoms with E-state index in [0.717, 1.165) is 24.2 Å². The van der Waals surface area contributed by atoms with Crippen molar-refractivity contribution in [2.24, 2.45) is 11.8 Å². The third kappa shape index (κ3) is 1.70. The molecule has 3 atom stereocenters. The molecule has 3 unspecified atom stereocenters. The van der Waals surface area contributed by atoms with Crippen LogP contribution in [0, 0.1) is 11.8 Å². The van der Waals surface area contributed by atoms with Crippen LogP contribution in [0.3, 0.4) is 0 Å². The Morgan fingerprint density at radius 2 is 1.88 bits per heavy atom. The third-order valence-corrected chi connectivity index (χ3v) is 3.57. The minimum atomic E-state index is -0.796. The number of hydrogen-bond acceptors (Lipinski definition) is 3. The van der Waals surface area contributed by atoms with Gasteiger partial charge in [-0.1, -0.05) is 13.8 Å². The molecule has 0 radical (unpaired) electrons. The third-order valence-electron chi connectivity index (χ3n) is 3.57. The number of urea groups is 1. The molecule has 0 spiro atoms. The number of carbonyl (C=O) groups is 3. The highest BCUT2D eigenvalue weighted by Crippen LogP contribution is 2.32. The fraction of sp³-hybridized carbons (Fsp3) is 0.727. The Morgan fingerprint density at radius 1 is 1.19 bits per heavy atom. The molecular weight excluding hydrogens is 208 g/mol. The van der Waals surface area contributed by atoms with E-state index in [1.165, 1.54) is 0 Å². The van der Waals surface area contributed by atoms with Crippen molar-refractivity contribution in [3.05, 3.63) is 0 Å². The Hall–Kier alpha value is -1.39. The average molecular weight is 224 g/mol. The van der Waals surface area contributed by atoms with Gasteiger partial charge in [0.05, 0.1) is 0 Å². The summed E-state index contributed by atoms with van der Waals surface area (Å²) in [5.74, 6) is -0.598. The number of nitrogens with zero attached hydrogens (tertiary/aromatic N) is 1. The number of nitrogens with one attached hydrogen (secondary N) is 1. The van der Waals surface area contributed by atoms with Crippen molar-refractivity contribution in [3.8, 4) is 0 Å². The zero-order valence-electron chi connectivity index (χ0n) is 9.53. The highest BCUT2D eigenvalue weighted by atomic mass is 16.2. The molecular formula is C11H16N2O3. The summed E-state index contributed by atoms with van der Waals surface area (Å²) < 4.78 is 0. The van der Waals surface area contributed by atoms with Gasteiger partial charge < -0.3 is 0 Å². The molecule has 1 saturated heterocycles. The number of rotatable bonds is 1. The Labute approximate surface area is 94.2 Å². The van der Waals surface area contributed by atoms with Gasteiger partial charge in [-0.05, 0) is 31.1 Å². The van der Waals surface area contributed by atoms with E-state index < -0.39 is 17.8 Å². The van der Waals surface area contributed by atoms with E-state index >= 15 is 0 Å². The molecule has 2 rings (SSSR count). The number of amides is 4. The highest BCUT2D eigenvalue weighted by Gasteiger charge is 2.44. The molecule has 0 bridgehead atoms. The molecule has 1 aliphatic heterocycles. The molecule has 1 saturated carbocycles. The molecule has 1 N–H and O–H groups in total. The first-order valence-electron chi connectivity index (χ1n) is 5.69. The lowest BCUT2D eigenvalue weighted by Crippen LogP contribution is -2.46. The first-order valence-corrected chi connectivity index (χ1v) is 5.69. The van der Waals surface area contributed by atoms with Gasteiger partial charge in [0.15, 0.2) is 0 Å². The maximum absolute atomic E-state index is 11.5. The van der Waals surface area contributed by atoms with E-state index in [-0.39, 0.29) is 12.0 Å². The van der Waals surface area contributed by atoms with Crippen LogP contribution >= 0.6 is 0 Å². The first kappa shape index (κ1) is 11.1. The van der Waals surface area contributed by atoms with Crippen LogP contribution in [-0.2, 0) is 9.59 Å². The van der Waals surface area contributed by atoms with E-state index in [0.29, 0.717) is 5.92 Å². The summed E-state index contributed by atoms with van der Waals surface area (Å²) in [6, 6.07) is -0.670. The number of carbonyl (C=O) groups excluding carboxylic acids is 3. The van der Waals surface area contributed by atoms with Gasteiger partial charge in [0, 0.05) is 6.04 Å². The molecule has 5 heteroatoms. The Kier molecular flexibility index (Phi) is 2.69. The SMILES string of the molecule is CC1CCC(N2C(=O)NC(=O)C2=O)C(C)C1. The fourth-order valence-electron chi connectivity index (χ4n) is 2.75. The molecule has 88 valence electrons. The van der Waals surface area contributed by atoms with Crippen LogP contribution in [0.15, 0.2) is 0 Å². The zero-order valence-corrected chi connectivity index (χ0v) is 9.53. The molecule has 1 aliphatic carbocycles. The van der Waals surface area contributed by atoms with Crippen molar-refractivity contribution >= 4 is 17.8 Å². The normalized spacial score (nSPS) is 35.5. The summed E-state index contributed by atoms with van der Waals surface area (Å²) in [4.78, 5) is 35.2. The summed E-state index contributed by atoms with van der Waals surface area (Å²) in [5.41, 5.74) is 0. The van der Waals surface area contributed by atoms with Crippen molar-refractivity contribution in [1.29, 1.82) is 0 Å². The molecule has 5 nitrogen and oxygen atoms in total. The van der Waals surface area contributed by atoms with Gasteiger partial charge in [-0.25, -0.2) is 4.79 Å². The number of imide groups is 2. The molecule has 0 aromatic rings. The quantitative estimate of drug-likeness (QED) is 0.531. The van der Waals surface area contributed by atoms with Crippen LogP contribution in [0.2, 0.25) is 0 Å². The van der Waals surface area contributed by atoms with Gasteiger partial charge in [0.25, 0.3) is 0 Å². The largest absolute Gasteiger partial charge is 0.331 e. The van der Waals surface area contributed by atoms with Crippen LogP contribution in [-0.4, -0.2) is 28.8 Å². The average Bonchev–Trinajstić information content (AvgIpc) is 2.43. The van der Waals surface area contributed by atoms with E-state index in [4.69, 9.17) is 0 Å². The minimum absolute atomic E-state index is 0.116. The monoisotopic (exact) mass is 224 g/mol. The molecule has 16 heavy (non-hydrogen) atoms. The molecule has 0 aromatic heterocycles. The van der Waals surface area contributed by atoms with Crippen molar-refractivity contribution in [2.45, 2.75) is 39.2 Å². The van der Waals surface area contributed by atoms with E-state index in [1.54, 1.807) is 0 Å². The molecule has 4 amide bonds. The second-order valence-corrected chi connectivity index (χ2v) is 4.90. The summed E-state index contributed by atoms with van der Waals surface area (Å²) in [6.07, 6.45) is 2.80. The van der Waals surface area contributed by atoms with Gasteiger partial charge in [-0.15, -0.1) is 0 Å². The number of hydrogen-bond donors (Lipinski definition) is 1. The predicted octanol–water partition coefficient (Wildman–Crippen LogP) is 0.889. The second-order valence-electron chi connectivity index (χ2n) is 4.90. The van der Waals surface area contributed by atoms with E-state index in [1.807, 2.05) is 12.2 Å². The Balaban J connectivity index is 2.15. The molecule has 0 aromatic carbocycles. The standard InChI is InChI=1S/C11H16N2O3/c1-6-3-4-8(7(2)5-6)13-10(15)9(14)12-11(13)16/h6-8H,3-5H2,1-2H3,(H,12,14,16). The Bertz CT molecular complexity index is 353. The topological polar surface area (TPSA) is 66.5 Å². The van der Waals surface area contributed by atoms with E-state index in [9.17, 15) is 14.4 Å². The Morgan fingerprint density at radius 3 is 2.38 bits per heavy atom. The lowest BCUT2D eigenvalue weighted by molar-refractivity contribution is -0.141. The zero-order chi connectivity index (χ0) is 11.9. The van der Waals surface area contributed by atoms with Crippen LogP contribution in [0.25, 0.3) is 0 Å². The molecule has 2 aliphatic rings. The van der Waals surface area contributed by atoms with Crippen LogP contribution in [0.4, 0.5) is 4.79 Å². The van der Waals surface area contributed by atoms with Gasteiger partial charge >= 0.3 is 17.8 Å². The summed E-state index contributed by atoms with van der Waals surface area (Å²) >= 11 is 0. The van der Waals surface area contributed by atoms with Gasteiger partial charge in [0.2, 0.25) is 0 Å². The van der Waals surface area contributed by atoms with Crippen molar-refractivity contribution in [2.75, 3.05) is 0 Å². The summed E-state index contributed by atoms with van der Waals surface area (Å²) in [7, 11) is 0. The highest BCUT2D eigenvalue weighted by molar-refractivity contribution is 6.44. The lowest BCUT2D eigenvalue weighted by Gasteiger charge is -2.36. The molecule has 1 heterocycles. The maximum atomic E-state index is 11.5. The van der Waals surface area contributed by atoms with Gasteiger partial charge in [-0.3, -0.25) is 19.8 Å². The minimum Gasteiger partial charge on any atom is -0.269 e. The second kappa shape index (κ2) is 3.88. The van der Waals surface area contributed by atoms with Crippen LogP contribution in [0.5, 0.6) is 0 Å². The fourth-order valence-corrected chi connectivity index (χ4v) is 2.75. The molecule has 2 fully saturated rings. The van der Waals surface area contributed by atoms with Gasteiger partial charge in [0.1, 0.15) is 0 Å². The lowest BCUT2D eigenvalue weighted by atomic mass is 9.79. The van der Waals surface area contributed by atoms with Crippen molar-refractivity contribution < 1.29 is 14.4 Å². The van der Waals surface area contributed by atoms with Crippen LogP contribution in [0.1, 0.15) is 33.1 Å². The van der Waals surface area contributed by atoms with E-state index in [2.05, 4.69) is 6.92 Å². The van der Waals surface area contributed by atoms with Crippen molar-refractivity contribution in [3.63, 3.8) is 0 Å². The van der Waals surface area contributed by atoms with Crippen molar-refractivity contribution in [1.82, 2.24) is 10.2 Å². The summed E-state index contributed by atoms with van der Waals surface area (Å²) in [5, 5.41) is 2.04. The van der Waals surface area contributed by atoms with Gasteiger partial charge in [-0.2, -0.15) is 0 Å². The van der Waals surface area contributed by atoms with Crippen LogP contribution < -0.4 is 5.32 Å². The maximum Gasteiger partial charge on any atom is 0.331 e. The smallest absolute Gasteiger partial charge is 0.269 e. The predicted molar refractivity (Wildman–Crippen MR) is 56.4 cm³/mol.